The first-order chi connectivity index (χ1) is 13.2. The maximum atomic E-state index is 4.86. The van der Waals surface area contributed by atoms with Gasteiger partial charge in [-0.2, -0.15) is 5.10 Å². The summed E-state index contributed by atoms with van der Waals surface area (Å²) in [4.78, 5) is 12.0. The summed E-state index contributed by atoms with van der Waals surface area (Å²) in [5.74, 6) is 2.42. The van der Waals surface area contributed by atoms with E-state index in [1.807, 2.05) is 31.3 Å². The number of aryl methyl sites for hydroxylation is 1. The Hall–Kier alpha value is -2.67. The van der Waals surface area contributed by atoms with Crippen LogP contribution in [0.3, 0.4) is 0 Å². The Morgan fingerprint density at radius 3 is 2.70 bits per heavy atom. The van der Waals surface area contributed by atoms with Crippen molar-refractivity contribution in [1.29, 1.82) is 0 Å². The van der Waals surface area contributed by atoms with Crippen LogP contribution in [0.1, 0.15) is 31.4 Å². The number of aromatic amines is 1. The molecule has 3 aromatic heterocycles. The minimum atomic E-state index is 0.456. The number of nitrogens with one attached hydrogen (secondary N) is 3. The summed E-state index contributed by atoms with van der Waals surface area (Å²) in [5.41, 5.74) is 1.94. The molecule has 7 nitrogen and oxygen atoms in total. The minimum absolute atomic E-state index is 0.456. The van der Waals surface area contributed by atoms with E-state index in [2.05, 4.69) is 43.8 Å². The summed E-state index contributed by atoms with van der Waals surface area (Å²) in [6.07, 6.45) is 6.80. The smallest absolute Gasteiger partial charge is 0.153 e. The van der Waals surface area contributed by atoms with Gasteiger partial charge in [0.15, 0.2) is 5.82 Å². The third-order valence-electron chi connectivity index (χ3n) is 6.00. The Bertz CT molecular complexity index is 952. The Balaban J connectivity index is 1.45. The zero-order valence-electron chi connectivity index (χ0n) is 15.7. The lowest BCUT2D eigenvalue weighted by Gasteiger charge is -2.37. The highest BCUT2D eigenvalue weighted by Gasteiger charge is 2.38. The third-order valence-corrected chi connectivity index (χ3v) is 6.00. The molecule has 0 saturated carbocycles. The highest BCUT2D eigenvalue weighted by atomic mass is 15.2. The summed E-state index contributed by atoms with van der Waals surface area (Å²) in [5, 5.41) is 15.3. The zero-order chi connectivity index (χ0) is 18.4. The normalized spacial score (nSPS) is 25.0. The van der Waals surface area contributed by atoms with E-state index in [1.165, 1.54) is 25.7 Å². The van der Waals surface area contributed by atoms with Gasteiger partial charge in [0.1, 0.15) is 11.6 Å². The fourth-order valence-corrected chi connectivity index (χ4v) is 4.59. The third kappa shape index (κ3) is 3.12. The van der Waals surface area contributed by atoms with Gasteiger partial charge < -0.3 is 15.5 Å². The van der Waals surface area contributed by atoms with Gasteiger partial charge in [0, 0.05) is 47.5 Å². The maximum Gasteiger partial charge on any atom is 0.153 e. The molecule has 3 aromatic rings. The van der Waals surface area contributed by atoms with E-state index in [9.17, 15) is 0 Å². The summed E-state index contributed by atoms with van der Waals surface area (Å²) < 4.78 is 0. The minimum Gasteiger partial charge on any atom is -0.367 e. The van der Waals surface area contributed by atoms with Crippen molar-refractivity contribution in [3.05, 3.63) is 36.2 Å². The van der Waals surface area contributed by atoms with Crippen LogP contribution in [0.5, 0.6) is 0 Å². The molecule has 2 bridgehead atoms. The van der Waals surface area contributed by atoms with E-state index in [0.717, 1.165) is 34.1 Å². The number of pyridine rings is 2. The largest absolute Gasteiger partial charge is 0.367 e. The molecule has 2 aliphatic rings. The lowest BCUT2D eigenvalue weighted by Crippen LogP contribution is -2.44. The van der Waals surface area contributed by atoms with E-state index >= 15 is 0 Å². The Kier molecular flexibility index (Phi) is 3.97. The quantitative estimate of drug-likeness (QED) is 0.659. The van der Waals surface area contributed by atoms with Gasteiger partial charge in [-0.05, 0) is 51.8 Å². The first kappa shape index (κ1) is 16.5. The fraction of sp³-hybridized carbons (Fsp3) is 0.450. The molecule has 27 heavy (non-hydrogen) atoms. The van der Waals surface area contributed by atoms with Crippen LogP contribution in [0.2, 0.25) is 0 Å². The van der Waals surface area contributed by atoms with Gasteiger partial charge in [-0.3, -0.25) is 10.1 Å². The second-order valence-electron chi connectivity index (χ2n) is 7.85. The van der Waals surface area contributed by atoms with Crippen molar-refractivity contribution in [3.63, 3.8) is 0 Å². The number of fused-ring (bicyclic) bond motifs is 3. The molecule has 3 N–H and O–H groups in total. The molecule has 140 valence electrons. The Morgan fingerprint density at radius 2 is 1.96 bits per heavy atom. The van der Waals surface area contributed by atoms with Crippen molar-refractivity contribution in [1.82, 2.24) is 25.1 Å². The van der Waals surface area contributed by atoms with Crippen LogP contribution in [-0.2, 0) is 0 Å². The van der Waals surface area contributed by atoms with Crippen LogP contribution < -0.4 is 10.6 Å². The molecule has 0 aliphatic carbocycles. The van der Waals surface area contributed by atoms with E-state index in [1.54, 1.807) is 0 Å². The summed E-state index contributed by atoms with van der Waals surface area (Å²) in [7, 11) is 2.27. The molecule has 5 rings (SSSR count). The van der Waals surface area contributed by atoms with Gasteiger partial charge in [0.2, 0.25) is 0 Å². The molecule has 2 saturated heterocycles. The first-order valence-corrected chi connectivity index (χ1v) is 9.69. The van der Waals surface area contributed by atoms with Gasteiger partial charge in [0.05, 0.1) is 5.52 Å². The summed E-state index contributed by atoms with van der Waals surface area (Å²) in [6, 6.07) is 9.84. The predicted octanol–water partition coefficient (Wildman–Crippen LogP) is 3.44. The van der Waals surface area contributed by atoms with Crippen LogP contribution in [0.15, 0.2) is 30.5 Å². The van der Waals surface area contributed by atoms with E-state index < -0.39 is 0 Å². The number of aromatic nitrogens is 4. The van der Waals surface area contributed by atoms with Crippen LogP contribution >= 0.6 is 0 Å². The molecular formula is C20H25N7. The van der Waals surface area contributed by atoms with Gasteiger partial charge in [-0.25, -0.2) is 4.98 Å². The van der Waals surface area contributed by atoms with Gasteiger partial charge in [0.25, 0.3) is 0 Å². The number of rotatable bonds is 4. The molecule has 1 unspecified atom stereocenters. The van der Waals surface area contributed by atoms with Crippen molar-refractivity contribution in [2.45, 2.75) is 50.7 Å². The van der Waals surface area contributed by atoms with Crippen molar-refractivity contribution in [2.24, 2.45) is 0 Å². The number of nitrogens with zero attached hydrogens (tertiary/aromatic N) is 4. The molecule has 2 fully saturated rings. The van der Waals surface area contributed by atoms with E-state index in [4.69, 9.17) is 4.98 Å². The van der Waals surface area contributed by atoms with Crippen molar-refractivity contribution in [2.75, 3.05) is 17.7 Å². The molecule has 0 amide bonds. The highest BCUT2D eigenvalue weighted by Crippen LogP contribution is 2.36. The molecule has 7 heteroatoms. The number of hydrogen-bond donors (Lipinski definition) is 3. The van der Waals surface area contributed by atoms with Gasteiger partial charge >= 0.3 is 0 Å². The number of anilines is 3. The molecule has 3 atom stereocenters. The first-order valence-electron chi connectivity index (χ1n) is 9.69. The topological polar surface area (TPSA) is 81.8 Å². The lowest BCUT2D eigenvalue weighted by molar-refractivity contribution is 0.169. The van der Waals surface area contributed by atoms with Crippen molar-refractivity contribution in [3.8, 4) is 0 Å². The van der Waals surface area contributed by atoms with Crippen molar-refractivity contribution >= 4 is 28.4 Å². The number of piperidine rings is 1. The van der Waals surface area contributed by atoms with E-state index in [0.29, 0.717) is 18.1 Å². The SMILES string of the molecule is Cc1cc(Nc2cc3ncccc3c(NC3C[C@H]4CC[C@@H](C3)N4C)n2)n[nH]1. The average molecular weight is 363 g/mol. The highest BCUT2D eigenvalue weighted by molar-refractivity contribution is 5.91. The molecule has 0 aromatic carbocycles. The van der Waals surface area contributed by atoms with E-state index in [-0.39, 0.29) is 0 Å². The van der Waals surface area contributed by atoms with Gasteiger partial charge in [-0.1, -0.05) is 0 Å². The summed E-state index contributed by atoms with van der Waals surface area (Å²) >= 11 is 0. The Labute approximate surface area is 158 Å². The second-order valence-corrected chi connectivity index (χ2v) is 7.85. The van der Waals surface area contributed by atoms with Gasteiger partial charge in [-0.15, -0.1) is 0 Å². The number of hydrogen-bond acceptors (Lipinski definition) is 6. The Morgan fingerprint density at radius 1 is 1.15 bits per heavy atom. The van der Waals surface area contributed by atoms with Crippen molar-refractivity contribution < 1.29 is 0 Å². The fourth-order valence-electron chi connectivity index (χ4n) is 4.59. The molecule has 2 aliphatic heterocycles. The standard InChI is InChI=1S/C20H25N7/c1-12-8-19(26-25-12)23-18-11-17-16(4-3-7-21-17)20(24-18)22-13-9-14-5-6-15(10-13)27(14)2/h3-4,7-8,11,13-15H,5-6,9-10H2,1-2H3,(H3,22,23,24,25,26)/t13?,14-,15+. The molecule has 0 radical (unpaired) electrons. The zero-order valence-corrected chi connectivity index (χ0v) is 15.7. The summed E-state index contributed by atoms with van der Waals surface area (Å²) in [6.45, 7) is 1.98. The van der Waals surface area contributed by atoms with Crippen LogP contribution in [-0.4, -0.2) is 50.2 Å². The monoisotopic (exact) mass is 363 g/mol. The second kappa shape index (κ2) is 6.49. The van der Waals surface area contributed by atoms with Crippen LogP contribution in [0.4, 0.5) is 17.5 Å². The average Bonchev–Trinajstić information content (AvgIpc) is 3.13. The molecule has 0 spiro atoms. The lowest BCUT2D eigenvalue weighted by atomic mass is 9.98. The number of H-pyrrole nitrogens is 1. The van der Waals surface area contributed by atoms with Crippen LogP contribution in [0, 0.1) is 6.92 Å². The molecular weight excluding hydrogens is 338 g/mol. The maximum absolute atomic E-state index is 4.86. The van der Waals surface area contributed by atoms with Crippen LogP contribution in [0.25, 0.3) is 10.9 Å². The molecule has 5 heterocycles. The predicted molar refractivity (Wildman–Crippen MR) is 107 cm³/mol.